The minimum Gasteiger partial charge on any atom is -0.458 e. The molecule has 0 saturated heterocycles. The van der Waals surface area contributed by atoms with Crippen LogP contribution in [0.4, 0.5) is 0 Å². The number of nitrogens with zero attached hydrogens (tertiary/aromatic N) is 2. The van der Waals surface area contributed by atoms with E-state index in [2.05, 4.69) is 15.5 Å². The maximum Gasteiger partial charge on any atom is 0.257 e. The van der Waals surface area contributed by atoms with E-state index < -0.39 is 0 Å². The third kappa shape index (κ3) is 2.80. The molecule has 0 aliphatic rings. The maximum absolute atomic E-state index is 12.1. The van der Waals surface area contributed by atoms with Crippen molar-refractivity contribution in [3.63, 3.8) is 0 Å². The van der Waals surface area contributed by atoms with Gasteiger partial charge in [-0.1, -0.05) is 5.16 Å². The van der Waals surface area contributed by atoms with Crippen LogP contribution in [0.25, 0.3) is 11.5 Å². The monoisotopic (exact) mass is 317 g/mol. The highest BCUT2D eigenvalue weighted by molar-refractivity contribution is 7.09. The summed E-state index contributed by atoms with van der Waals surface area (Å²) >= 11 is 1.57. The molecule has 6 nitrogen and oxygen atoms in total. The van der Waals surface area contributed by atoms with E-state index in [4.69, 9.17) is 8.94 Å². The number of aryl methyl sites for hydroxylation is 3. The van der Waals surface area contributed by atoms with Gasteiger partial charge in [0.25, 0.3) is 5.91 Å². The maximum atomic E-state index is 12.1. The average Bonchev–Trinajstić information content (AvgIpc) is 3.17. The summed E-state index contributed by atoms with van der Waals surface area (Å²) in [6, 6.07) is 3.68. The molecule has 0 aromatic carbocycles. The van der Waals surface area contributed by atoms with Crippen molar-refractivity contribution < 1.29 is 13.7 Å². The Labute approximate surface area is 131 Å². The molecule has 0 atom stereocenters. The first kappa shape index (κ1) is 14.5. The quantitative estimate of drug-likeness (QED) is 0.799. The van der Waals surface area contributed by atoms with E-state index in [0.29, 0.717) is 35.1 Å². The first-order valence-electron chi connectivity index (χ1n) is 6.77. The molecule has 0 saturated carbocycles. The van der Waals surface area contributed by atoms with Gasteiger partial charge in [0, 0.05) is 5.38 Å². The summed E-state index contributed by atoms with van der Waals surface area (Å²) in [6.45, 7) is 5.69. The Bertz CT molecular complexity index is 796. The molecule has 0 bridgehead atoms. The van der Waals surface area contributed by atoms with Crippen LogP contribution in [-0.2, 0) is 6.54 Å². The summed E-state index contributed by atoms with van der Waals surface area (Å²) in [5.41, 5.74) is 1.86. The van der Waals surface area contributed by atoms with Crippen molar-refractivity contribution in [1.29, 1.82) is 0 Å². The van der Waals surface area contributed by atoms with Gasteiger partial charge in [-0.15, -0.1) is 11.3 Å². The first-order valence-corrected chi connectivity index (χ1v) is 7.65. The predicted octanol–water partition coefficient (Wildman–Crippen LogP) is 3.25. The Morgan fingerprint density at radius 1 is 1.32 bits per heavy atom. The Morgan fingerprint density at radius 3 is 2.77 bits per heavy atom. The molecule has 0 aliphatic carbocycles. The SMILES string of the molecule is Cc1nc(-c2ccc(CNC(=O)c3c(C)noc3C)o2)cs1. The predicted molar refractivity (Wildman–Crippen MR) is 81.7 cm³/mol. The summed E-state index contributed by atoms with van der Waals surface area (Å²) in [7, 11) is 0. The molecule has 114 valence electrons. The summed E-state index contributed by atoms with van der Waals surface area (Å²) in [5.74, 6) is 1.65. The minimum absolute atomic E-state index is 0.223. The number of rotatable bonds is 4. The number of aromatic nitrogens is 2. The number of nitrogens with one attached hydrogen (secondary N) is 1. The zero-order chi connectivity index (χ0) is 15.7. The molecule has 7 heteroatoms. The highest BCUT2D eigenvalue weighted by Gasteiger charge is 2.17. The highest BCUT2D eigenvalue weighted by atomic mass is 32.1. The molecule has 0 spiro atoms. The number of hydrogen-bond donors (Lipinski definition) is 1. The fourth-order valence-corrected chi connectivity index (χ4v) is 2.75. The lowest BCUT2D eigenvalue weighted by atomic mass is 10.2. The molecule has 0 unspecified atom stereocenters. The van der Waals surface area contributed by atoms with Crippen LogP contribution in [0, 0.1) is 20.8 Å². The minimum atomic E-state index is -0.223. The van der Waals surface area contributed by atoms with Gasteiger partial charge in [-0.2, -0.15) is 0 Å². The first-order chi connectivity index (χ1) is 10.5. The fourth-order valence-electron chi connectivity index (χ4n) is 2.15. The van der Waals surface area contributed by atoms with E-state index in [1.54, 1.807) is 25.2 Å². The molecule has 1 amide bonds. The second-order valence-electron chi connectivity index (χ2n) is 4.90. The second kappa shape index (κ2) is 5.76. The van der Waals surface area contributed by atoms with Crippen molar-refractivity contribution in [1.82, 2.24) is 15.5 Å². The molecule has 1 N–H and O–H groups in total. The fraction of sp³-hybridized carbons (Fsp3) is 0.267. The zero-order valence-electron chi connectivity index (χ0n) is 12.5. The molecule has 3 aromatic heterocycles. The van der Waals surface area contributed by atoms with Gasteiger partial charge in [-0.3, -0.25) is 4.79 Å². The topological polar surface area (TPSA) is 81.2 Å². The van der Waals surface area contributed by atoms with Crippen molar-refractivity contribution in [2.45, 2.75) is 27.3 Å². The van der Waals surface area contributed by atoms with E-state index in [9.17, 15) is 4.79 Å². The van der Waals surface area contributed by atoms with Crippen molar-refractivity contribution >= 4 is 17.2 Å². The molecular formula is C15H15N3O3S. The molecule has 0 radical (unpaired) electrons. The lowest BCUT2D eigenvalue weighted by Gasteiger charge is -2.02. The second-order valence-corrected chi connectivity index (χ2v) is 5.96. The Balaban J connectivity index is 1.67. The summed E-state index contributed by atoms with van der Waals surface area (Å²) in [5, 5.41) is 9.51. The van der Waals surface area contributed by atoms with Crippen LogP contribution in [0.15, 0.2) is 26.5 Å². The van der Waals surface area contributed by atoms with Gasteiger partial charge in [0.2, 0.25) is 0 Å². The Morgan fingerprint density at radius 2 is 2.14 bits per heavy atom. The van der Waals surface area contributed by atoms with Crippen LogP contribution in [0.2, 0.25) is 0 Å². The lowest BCUT2D eigenvalue weighted by Crippen LogP contribution is -2.23. The Kier molecular flexibility index (Phi) is 3.81. The van der Waals surface area contributed by atoms with Crippen LogP contribution in [0.1, 0.15) is 32.6 Å². The van der Waals surface area contributed by atoms with Gasteiger partial charge in [0.05, 0.1) is 17.2 Å². The van der Waals surface area contributed by atoms with Crippen LogP contribution >= 0.6 is 11.3 Å². The van der Waals surface area contributed by atoms with E-state index in [-0.39, 0.29) is 5.91 Å². The highest BCUT2D eigenvalue weighted by Crippen LogP contribution is 2.23. The smallest absolute Gasteiger partial charge is 0.257 e. The van der Waals surface area contributed by atoms with Gasteiger partial charge < -0.3 is 14.3 Å². The van der Waals surface area contributed by atoms with Crippen LogP contribution in [0.3, 0.4) is 0 Å². The molecule has 0 fully saturated rings. The van der Waals surface area contributed by atoms with Gasteiger partial charge in [-0.05, 0) is 32.9 Å². The number of hydrogen-bond acceptors (Lipinski definition) is 6. The van der Waals surface area contributed by atoms with E-state index in [1.807, 2.05) is 24.4 Å². The number of furan rings is 1. The van der Waals surface area contributed by atoms with Gasteiger partial charge >= 0.3 is 0 Å². The van der Waals surface area contributed by atoms with Gasteiger partial charge in [-0.25, -0.2) is 4.98 Å². The third-order valence-corrected chi connectivity index (χ3v) is 3.99. The standard InChI is InChI=1S/C15H15N3O3S/c1-8-14(9(2)21-18-8)15(19)16-6-11-4-5-13(20-11)12-7-22-10(3)17-12/h4-5,7H,6H2,1-3H3,(H,16,19). The van der Waals surface area contributed by atoms with E-state index >= 15 is 0 Å². The number of carbonyl (C=O) groups excluding carboxylic acids is 1. The van der Waals surface area contributed by atoms with E-state index in [0.717, 1.165) is 10.7 Å². The largest absolute Gasteiger partial charge is 0.458 e. The molecule has 0 aliphatic heterocycles. The summed E-state index contributed by atoms with van der Waals surface area (Å²) in [6.07, 6.45) is 0. The van der Waals surface area contributed by atoms with Gasteiger partial charge in [0.1, 0.15) is 22.8 Å². The number of carbonyl (C=O) groups is 1. The summed E-state index contributed by atoms with van der Waals surface area (Å²) < 4.78 is 10.7. The lowest BCUT2D eigenvalue weighted by molar-refractivity contribution is 0.0946. The van der Waals surface area contributed by atoms with Crippen LogP contribution in [0.5, 0.6) is 0 Å². The van der Waals surface area contributed by atoms with Crippen molar-refractivity contribution in [3.8, 4) is 11.5 Å². The van der Waals surface area contributed by atoms with Crippen molar-refractivity contribution in [2.75, 3.05) is 0 Å². The number of amides is 1. The van der Waals surface area contributed by atoms with E-state index in [1.165, 1.54) is 0 Å². The molecule has 3 heterocycles. The Hall–Kier alpha value is -2.41. The van der Waals surface area contributed by atoms with Gasteiger partial charge in [0.15, 0.2) is 5.76 Å². The average molecular weight is 317 g/mol. The van der Waals surface area contributed by atoms with Crippen molar-refractivity contribution in [3.05, 3.63) is 45.3 Å². The molecule has 3 rings (SSSR count). The van der Waals surface area contributed by atoms with Crippen LogP contribution < -0.4 is 5.32 Å². The zero-order valence-corrected chi connectivity index (χ0v) is 13.3. The molecule has 22 heavy (non-hydrogen) atoms. The van der Waals surface area contributed by atoms with Crippen LogP contribution in [-0.4, -0.2) is 16.0 Å². The molecular weight excluding hydrogens is 302 g/mol. The van der Waals surface area contributed by atoms with Crippen molar-refractivity contribution in [2.24, 2.45) is 0 Å². The normalized spacial score (nSPS) is 10.9. The number of thiazole rings is 1. The summed E-state index contributed by atoms with van der Waals surface area (Å²) in [4.78, 5) is 16.5. The third-order valence-electron chi connectivity index (χ3n) is 3.22. The molecule has 3 aromatic rings.